The van der Waals surface area contributed by atoms with Crippen LogP contribution in [0.1, 0.15) is 0 Å². The molecule has 0 aliphatic heterocycles. The third kappa shape index (κ3) is 7.64. The van der Waals surface area contributed by atoms with Crippen LogP contribution < -0.4 is 0 Å². The molecule has 67 heavy (non-hydrogen) atoms. The summed E-state index contributed by atoms with van der Waals surface area (Å²) in [7, 11) is 0. The Morgan fingerprint density at radius 2 is 0.701 bits per heavy atom. The molecule has 0 bridgehead atoms. The summed E-state index contributed by atoms with van der Waals surface area (Å²) in [6, 6.07) is 83.3. The van der Waals surface area contributed by atoms with Gasteiger partial charge >= 0.3 is 0 Å². The number of para-hydroxylation sites is 1. The second-order valence-corrected chi connectivity index (χ2v) is 16.7. The minimum Gasteiger partial charge on any atom is -0.309 e. The Hall–Kier alpha value is -9.06. The summed E-state index contributed by atoms with van der Waals surface area (Å²) >= 11 is 0. The Bertz CT molecular complexity index is 3660. The van der Waals surface area contributed by atoms with E-state index < -0.39 is 0 Å². The van der Waals surface area contributed by atoms with Gasteiger partial charge in [0.05, 0.1) is 11.0 Å². The molecule has 0 fully saturated rings. The first-order valence-corrected chi connectivity index (χ1v) is 22.5. The second kappa shape index (κ2) is 17.1. The third-order valence-corrected chi connectivity index (χ3v) is 12.5. The highest BCUT2D eigenvalue weighted by Gasteiger charge is 2.19. The van der Waals surface area contributed by atoms with Gasteiger partial charge in [0.1, 0.15) is 0 Å². The topological polar surface area (TPSA) is 56.5 Å². The predicted octanol–water partition coefficient (Wildman–Crippen LogP) is 15.7. The van der Waals surface area contributed by atoms with Gasteiger partial charge in [0.25, 0.3) is 0 Å². The van der Waals surface area contributed by atoms with Gasteiger partial charge in [-0.15, -0.1) is 0 Å². The molecule has 3 aromatic heterocycles. The van der Waals surface area contributed by atoms with Crippen molar-refractivity contribution < 1.29 is 0 Å². The molecule has 9 aromatic carbocycles. The van der Waals surface area contributed by atoms with Crippen molar-refractivity contribution in [2.24, 2.45) is 0 Å². The van der Waals surface area contributed by atoms with Crippen molar-refractivity contribution in [1.82, 2.24) is 24.5 Å². The fourth-order valence-corrected chi connectivity index (χ4v) is 9.26. The molecule has 0 aliphatic carbocycles. The zero-order chi connectivity index (χ0) is 44.5. The van der Waals surface area contributed by atoms with E-state index in [1.54, 1.807) is 0 Å². The minimum atomic E-state index is 0.547. The van der Waals surface area contributed by atoms with Gasteiger partial charge in [-0.25, -0.2) is 15.0 Å². The third-order valence-electron chi connectivity index (χ3n) is 12.5. The maximum absolute atomic E-state index is 5.23. The second-order valence-electron chi connectivity index (χ2n) is 16.7. The Labute approximate surface area is 389 Å². The van der Waals surface area contributed by atoms with Gasteiger partial charge in [-0.1, -0.05) is 176 Å². The maximum atomic E-state index is 5.23. The lowest BCUT2D eigenvalue weighted by atomic mass is 9.93. The number of aromatic nitrogens is 5. The van der Waals surface area contributed by atoms with E-state index in [0.29, 0.717) is 17.5 Å². The summed E-state index contributed by atoms with van der Waals surface area (Å²) in [6.07, 6.45) is 3.80. The number of rotatable bonds is 9. The van der Waals surface area contributed by atoms with Crippen LogP contribution in [0, 0.1) is 0 Å². The number of hydrogen-bond donors (Lipinski definition) is 0. The molecule has 12 aromatic rings. The zero-order valence-electron chi connectivity index (χ0n) is 36.4. The average molecular weight is 856 g/mol. The van der Waals surface area contributed by atoms with E-state index in [9.17, 15) is 0 Å². The van der Waals surface area contributed by atoms with Crippen molar-refractivity contribution in [2.75, 3.05) is 0 Å². The van der Waals surface area contributed by atoms with Crippen LogP contribution in [0.25, 0.3) is 117 Å². The quantitative estimate of drug-likeness (QED) is 0.145. The zero-order valence-corrected chi connectivity index (χ0v) is 36.4. The van der Waals surface area contributed by atoms with Gasteiger partial charge in [-0.3, -0.25) is 4.98 Å². The smallest absolute Gasteiger partial charge is 0.165 e. The van der Waals surface area contributed by atoms with Gasteiger partial charge in [-0.2, -0.15) is 0 Å². The first-order valence-electron chi connectivity index (χ1n) is 22.5. The normalized spacial score (nSPS) is 11.3. The summed E-state index contributed by atoms with van der Waals surface area (Å²) < 4.78 is 2.36. The lowest BCUT2D eigenvalue weighted by Gasteiger charge is -2.13. The van der Waals surface area contributed by atoms with Gasteiger partial charge in [-0.05, 0) is 111 Å². The molecule has 0 unspecified atom stereocenters. The van der Waals surface area contributed by atoms with Crippen molar-refractivity contribution in [2.45, 2.75) is 0 Å². The Kier molecular flexibility index (Phi) is 10.1. The molecule has 0 spiro atoms. The van der Waals surface area contributed by atoms with Crippen molar-refractivity contribution in [3.63, 3.8) is 0 Å². The lowest BCUT2D eigenvalue weighted by molar-refractivity contribution is 1.07. The maximum Gasteiger partial charge on any atom is 0.165 e. The first kappa shape index (κ1) is 39.5. The predicted molar refractivity (Wildman–Crippen MR) is 275 cm³/mol. The van der Waals surface area contributed by atoms with Crippen LogP contribution >= 0.6 is 0 Å². The summed E-state index contributed by atoms with van der Waals surface area (Å²) in [5.74, 6) is 1.72. The Morgan fingerprint density at radius 1 is 0.269 bits per heavy atom. The summed E-state index contributed by atoms with van der Waals surface area (Å²) in [5.41, 5.74) is 17.2. The monoisotopic (exact) mass is 855 g/mol. The molecule has 0 radical (unpaired) electrons. The summed E-state index contributed by atoms with van der Waals surface area (Å²) in [6.45, 7) is 0. The molecule has 0 aliphatic rings. The SMILES string of the molecule is c1ccc(-c2cc(-c3ccccc3)cc(-c3cccc(-c4nc(-c5ccccc5)nc(-c5cncc(-c6cccc7c6c6cc(-c8ccccc8)ccc6n7-c6ccccc6)c5)n4)c3)c2)cc1. The van der Waals surface area contributed by atoms with Crippen molar-refractivity contribution in [3.05, 3.63) is 249 Å². The number of pyridine rings is 1. The molecule has 0 saturated carbocycles. The molecular weight excluding hydrogens is 815 g/mol. The van der Waals surface area contributed by atoms with E-state index in [0.717, 1.165) is 77.7 Å². The molecule has 314 valence electrons. The molecular formula is C62H41N5. The average Bonchev–Trinajstić information content (AvgIpc) is 3.76. The highest BCUT2D eigenvalue weighted by atomic mass is 15.0. The molecule has 12 rings (SSSR count). The fraction of sp³-hybridized carbons (Fsp3) is 0. The standard InChI is InChI=1S/C62H41N5/c1-6-18-42(19-7-1)47-32-33-57-56(39-47)59-55(30-17-31-58(59)67(57)54-28-14-5-15-29-54)52-38-53(41-63-40-52)62-65-60(45-24-12-4-13-25-45)64-61(66-62)48-27-16-26-46(34-48)51-36-49(43-20-8-2-9-21-43)35-50(37-51)44-22-10-3-11-23-44/h1-41H. The highest BCUT2D eigenvalue weighted by molar-refractivity contribution is 6.16. The van der Waals surface area contributed by atoms with E-state index in [4.69, 9.17) is 19.9 Å². The van der Waals surface area contributed by atoms with Crippen molar-refractivity contribution >= 4 is 21.8 Å². The van der Waals surface area contributed by atoms with Crippen LogP contribution in [0.15, 0.2) is 249 Å². The Morgan fingerprint density at radius 3 is 1.33 bits per heavy atom. The van der Waals surface area contributed by atoms with Crippen LogP contribution in [0.5, 0.6) is 0 Å². The van der Waals surface area contributed by atoms with E-state index in [1.165, 1.54) is 22.1 Å². The fourth-order valence-electron chi connectivity index (χ4n) is 9.26. The molecule has 5 nitrogen and oxygen atoms in total. The number of hydrogen-bond acceptors (Lipinski definition) is 4. The number of nitrogens with zero attached hydrogens (tertiary/aromatic N) is 5. The van der Waals surface area contributed by atoms with E-state index in [-0.39, 0.29) is 0 Å². The molecule has 0 atom stereocenters. The Balaban J connectivity index is 1.00. The highest BCUT2D eigenvalue weighted by Crippen LogP contribution is 2.41. The molecule has 0 N–H and O–H groups in total. The van der Waals surface area contributed by atoms with Crippen molar-refractivity contribution in [1.29, 1.82) is 0 Å². The van der Waals surface area contributed by atoms with Crippen LogP contribution in [0.2, 0.25) is 0 Å². The van der Waals surface area contributed by atoms with Crippen molar-refractivity contribution in [3.8, 4) is 95.5 Å². The molecule has 5 heteroatoms. The van der Waals surface area contributed by atoms with Crippen LogP contribution in [-0.2, 0) is 0 Å². The van der Waals surface area contributed by atoms with Crippen LogP contribution in [0.3, 0.4) is 0 Å². The lowest BCUT2D eigenvalue weighted by Crippen LogP contribution is -2.00. The first-order chi connectivity index (χ1) is 33.2. The van der Waals surface area contributed by atoms with E-state index >= 15 is 0 Å². The molecule has 3 heterocycles. The van der Waals surface area contributed by atoms with Gasteiger partial charge in [0.15, 0.2) is 17.5 Å². The van der Waals surface area contributed by atoms with Crippen LogP contribution in [-0.4, -0.2) is 24.5 Å². The van der Waals surface area contributed by atoms with Gasteiger partial charge in [0, 0.05) is 51.1 Å². The molecule has 0 amide bonds. The van der Waals surface area contributed by atoms with Gasteiger partial charge < -0.3 is 4.57 Å². The molecule has 0 saturated heterocycles. The summed E-state index contributed by atoms with van der Waals surface area (Å²) in [5, 5.41) is 2.32. The number of fused-ring (bicyclic) bond motifs is 3. The number of benzene rings is 9. The van der Waals surface area contributed by atoms with Gasteiger partial charge in [0.2, 0.25) is 0 Å². The van der Waals surface area contributed by atoms with E-state index in [1.807, 2.05) is 42.7 Å². The van der Waals surface area contributed by atoms with E-state index in [2.05, 4.69) is 211 Å². The van der Waals surface area contributed by atoms with Crippen LogP contribution in [0.4, 0.5) is 0 Å². The largest absolute Gasteiger partial charge is 0.309 e. The summed E-state index contributed by atoms with van der Waals surface area (Å²) in [4.78, 5) is 20.4. The minimum absolute atomic E-state index is 0.547.